The molecule has 1 N–H and O–H groups in total. The van der Waals surface area contributed by atoms with E-state index in [1.54, 1.807) is 29.2 Å². The number of carbonyl (C=O) groups is 1. The highest BCUT2D eigenvalue weighted by Crippen LogP contribution is 2.30. The Balaban J connectivity index is 1.63. The number of nitrogens with zero attached hydrogens (tertiary/aromatic N) is 2. The fraction of sp³-hybridized carbons (Fsp3) is 0.333. The van der Waals surface area contributed by atoms with Gasteiger partial charge < -0.3 is 14.5 Å². The monoisotopic (exact) mass is 473 g/mol. The fourth-order valence-electron chi connectivity index (χ4n) is 3.20. The lowest BCUT2D eigenvalue weighted by atomic mass is 10.2. The second kappa shape index (κ2) is 10.1. The number of hydrogen-bond donors (Lipinski definition) is 1. The molecule has 1 aliphatic heterocycles. The molecule has 3 rings (SSSR count). The van der Waals surface area contributed by atoms with E-state index in [2.05, 4.69) is 5.32 Å². The van der Waals surface area contributed by atoms with E-state index in [0.717, 1.165) is 11.3 Å². The predicted octanol–water partition coefficient (Wildman–Crippen LogP) is 4.01. The molecule has 172 valence electrons. The third kappa shape index (κ3) is 4.93. The van der Waals surface area contributed by atoms with Crippen LogP contribution in [-0.4, -0.2) is 48.7 Å². The molecule has 0 bridgehead atoms. The Bertz CT molecular complexity index is 1000. The summed E-state index contributed by atoms with van der Waals surface area (Å²) in [5.41, 5.74) is -0.638. The van der Waals surface area contributed by atoms with Crippen LogP contribution in [0.4, 0.5) is 27.6 Å². The summed E-state index contributed by atoms with van der Waals surface area (Å²) < 4.78 is 73.8. The average Bonchev–Trinajstić information content (AvgIpc) is 2.80. The Morgan fingerprint density at radius 2 is 1.59 bits per heavy atom. The van der Waals surface area contributed by atoms with Crippen LogP contribution in [0.15, 0.2) is 24.3 Å². The third-order valence-electron chi connectivity index (χ3n) is 4.86. The number of benzene rings is 2. The summed E-state index contributed by atoms with van der Waals surface area (Å²) in [6.45, 7) is 2.57. The molecular formula is C21H20F5N3O2S. The number of rotatable bonds is 5. The van der Waals surface area contributed by atoms with E-state index in [1.165, 1.54) is 0 Å². The number of nitrogens with one attached hydrogen (secondary N) is 1. The molecule has 1 saturated heterocycles. The number of carbonyl (C=O) groups excluding carboxylic acids is 1. The van der Waals surface area contributed by atoms with Crippen molar-refractivity contribution in [3.63, 3.8) is 0 Å². The molecular weight excluding hydrogens is 453 g/mol. The number of ether oxygens (including phenoxy) is 1. The Kier molecular flexibility index (Phi) is 7.49. The Morgan fingerprint density at radius 1 is 1.00 bits per heavy atom. The minimum absolute atomic E-state index is 0.0608. The van der Waals surface area contributed by atoms with Crippen molar-refractivity contribution in [2.45, 2.75) is 13.3 Å². The van der Waals surface area contributed by atoms with Gasteiger partial charge in [-0.15, -0.1) is 0 Å². The highest BCUT2D eigenvalue weighted by atomic mass is 32.1. The summed E-state index contributed by atoms with van der Waals surface area (Å²) in [6.07, 6.45) is 0.817. The van der Waals surface area contributed by atoms with Gasteiger partial charge in [-0.2, -0.15) is 0 Å². The number of anilines is 1. The zero-order valence-corrected chi connectivity index (χ0v) is 17.9. The molecule has 1 amide bonds. The summed E-state index contributed by atoms with van der Waals surface area (Å²) in [7, 11) is 0. The highest BCUT2D eigenvalue weighted by Gasteiger charge is 2.31. The topological polar surface area (TPSA) is 44.8 Å². The van der Waals surface area contributed by atoms with Gasteiger partial charge >= 0.3 is 0 Å². The summed E-state index contributed by atoms with van der Waals surface area (Å²) in [6, 6.07) is 6.57. The number of hydrogen-bond acceptors (Lipinski definition) is 4. The van der Waals surface area contributed by atoms with E-state index in [0.29, 0.717) is 17.9 Å². The van der Waals surface area contributed by atoms with Gasteiger partial charge in [0, 0.05) is 31.7 Å². The molecule has 0 spiro atoms. The number of halogens is 5. The second-order valence-corrected chi connectivity index (χ2v) is 7.41. The maximum atomic E-state index is 14.0. The van der Waals surface area contributed by atoms with Gasteiger partial charge in [0.1, 0.15) is 11.4 Å². The fourth-order valence-corrected chi connectivity index (χ4v) is 3.47. The van der Waals surface area contributed by atoms with Gasteiger partial charge in [0.25, 0.3) is 5.91 Å². The molecule has 2 aromatic rings. The zero-order valence-electron chi connectivity index (χ0n) is 17.1. The van der Waals surface area contributed by atoms with E-state index in [9.17, 15) is 26.7 Å². The first-order valence-electron chi connectivity index (χ1n) is 9.84. The first-order valence-corrected chi connectivity index (χ1v) is 10.2. The average molecular weight is 473 g/mol. The molecule has 0 radical (unpaired) electrons. The first-order chi connectivity index (χ1) is 15.2. The van der Waals surface area contributed by atoms with Crippen molar-refractivity contribution in [1.29, 1.82) is 0 Å². The number of thiocarbonyl (C=S) groups is 1. The normalized spacial score (nSPS) is 13.8. The minimum Gasteiger partial charge on any atom is -0.494 e. The van der Waals surface area contributed by atoms with Gasteiger partial charge in [-0.1, -0.05) is 13.0 Å². The lowest BCUT2D eigenvalue weighted by Crippen LogP contribution is -2.53. The van der Waals surface area contributed by atoms with Crippen molar-refractivity contribution in [1.82, 2.24) is 10.2 Å². The second-order valence-electron chi connectivity index (χ2n) is 7.03. The standard InChI is InChI=1S/C21H20F5N3O2S/c1-2-10-31-13-5-3-4-12(11-13)20(30)27-21(32)29-8-6-28(7-9-29)19-17(25)15(23)14(22)16(24)18(19)26/h3-5,11H,2,6-10H2,1H3,(H,27,30,32). The molecule has 0 aromatic heterocycles. The van der Waals surface area contributed by atoms with Crippen LogP contribution in [0.3, 0.4) is 0 Å². The SMILES string of the molecule is CCCOc1cccc(C(=O)NC(=S)N2CCN(c3c(F)c(F)c(F)c(F)c3F)CC2)c1. The van der Waals surface area contributed by atoms with Crippen LogP contribution in [0, 0.1) is 29.1 Å². The molecule has 5 nitrogen and oxygen atoms in total. The number of piperazine rings is 1. The molecule has 0 saturated carbocycles. The summed E-state index contributed by atoms with van der Waals surface area (Å²) in [4.78, 5) is 15.1. The highest BCUT2D eigenvalue weighted by molar-refractivity contribution is 7.80. The molecule has 2 aromatic carbocycles. The largest absolute Gasteiger partial charge is 0.494 e. The van der Waals surface area contributed by atoms with Crippen molar-refractivity contribution in [2.75, 3.05) is 37.7 Å². The van der Waals surface area contributed by atoms with Crippen LogP contribution >= 0.6 is 12.2 Å². The molecule has 0 atom stereocenters. The molecule has 11 heteroatoms. The lowest BCUT2D eigenvalue weighted by molar-refractivity contribution is 0.0972. The van der Waals surface area contributed by atoms with Crippen molar-refractivity contribution >= 4 is 28.9 Å². The Labute approximate surface area is 186 Å². The maximum Gasteiger partial charge on any atom is 0.257 e. The van der Waals surface area contributed by atoms with Gasteiger partial charge in [0.2, 0.25) is 5.82 Å². The molecule has 1 fully saturated rings. The van der Waals surface area contributed by atoms with Gasteiger partial charge in [-0.25, -0.2) is 22.0 Å². The van der Waals surface area contributed by atoms with Crippen LogP contribution in [0.25, 0.3) is 0 Å². The molecule has 0 aliphatic carbocycles. The van der Waals surface area contributed by atoms with E-state index in [-0.39, 0.29) is 31.3 Å². The summed E-state index contributed by atoms with van der Waals surface area (Å²) in [5.74, 6) is -9.85. The van der Waals surface area contributed by atoms with Crippen LogP contribution in [0.2, 0.25) is 0 Å². The predicted molar refractivity (Wildman–Crippen MR) is 112 cm³/mol. The van der Waals surface area contributed by atoms with E-state index >= 15 is 0 Å². The minimum atomic E-state index is -2.20. The van der Waals surface area contributed by atoms with Crippen LogP contribution in [0.1, 0.15) is 23.7 Å². The van der Waals surface area contributed by atoms with Crippen LogP contribution in [0.5, 0.6) is 5.75 Å². The van der Waals surface area contributed by atoms with E-state index in [1.807, 2.05) is 6.92 Å². The van der Waals surface area contributed by atoms with Crippen molar-refractivity contribution < 1.29 is 31.5 Å². The van der Waals surface area contributed by atoms with Crippen molar-refractivity contribution in [2.24, 2.45) is 0 Å². The van der Waals surface area contributed by atoms with Gasteiger partial charge in [0.05, 0.1) is 6.61 Å². The smallest absolute Gasteiger partial charge is 0.257 e. The first kappa shape index (κ1) is 23.7. The van der Waals surface area contributed by atoms with Crippen LogP contribution < -0.4 is 15.0 Å². The van der Waals surface area contributed by atoms with Crippen molar-refractivity contribution in [3.8, 4) is 5.75 Å². The van der Waals surface area contributed by atoms with Gasteiger partial charge in [-0.05, 0) is 36.8 Å². The quantitative estimate of drug-likeness (QED) is 0.308. The molecule has 0 unspecified atom stereocenters. The molecule has 1 heterocycles. The Morgan fingerprint density at radius 3 is 2.19 bits per heavy atom. The summed E-state index contributed by atoms with van der Waals surface area (Å²) >= 11 is 5.25. The van der Waals surface area contributed by atoms with E-state index < -0.39 is 40.7 Å². The third-order valence-corrected chi connectivity index (χ3v) is 5.22. The molecule has 32 heavy (non-hydrogen) atoms. The Hall–Kier alpha value is -2.95. The molecule has 1 aliphatic rings. The van der Waals surface area contributed by atoms with Gasteiger partial charge in [-0.3, -0.25) is 10.1 Å². The maximum absolute atomic E-state index is 14.0. The number of amides is 1. The summed E-state index contributed by atoms with van der Waals surface area (Å²) in [5, 5.41) is 2.67. The van der Waals surface area contributed by atoms with Crippen LogP contribution in [-0.2, 0) is 0 Å². The zero-order chi connectivity index (χ0) is 23.4. The van der Waals surface area contributed by atoms with E-state index in [4.69, 9.17) is 17.0 Å². The lowest BCUT2D eigenvalue weighted by Gasteiger charge is -2.37. The van der Waals surface area contributed by atoms with Crippen molar-refractivity contribution in [3.05, 3.63) is 58.9 Å². The van der Waals surface area contributed by atoms with Gasteiger partial charge in [0.15, 0.2) is 28.4 Å².